The lowest BCUT2D eigenvalue weighted by Crippen LogP contribution is -2.25. The number of nitrogens with one attached hydrogen (secondary N) is 1. The number of fused-ring (bicyclic) bond motifs is 3. The molecule has 1 aliphatic rings. The Bertz CT molecular complexity index is 1980. The summed E-state index contributed by atoms with van der Waals surface area (Å²) in [7, 11) is 0. The van der Waals surface area contributed by atoms with Gasteiger partial charge >= 0.3 is 0 Å². The van der Waals surface area contributed by atoms with E-state index in [1.807, 2.05) is 62.4 Å². The smallest absolute Gasteiger partial charge is 0.268 e. The van der Waals surface area contributed by atoms with Gasteiger partial charge in [-0.05, 0) is 97.9 Å². The largest absolute Gasteiger partial charge is 0.375 e. The zero-order chi connectivity index (χ0) is 28.8. The van der Waals surface area contributed by atoms with Crippen LogP contribution in [0.15, 0.2) is 58.4 Å². The molecule has 0 aliphatic heterocycles. The van der Waals surface area contributed by atoms with Crippen LogP contribution >= 0.6 is 46.8 Å². The summed E-state index contributed by atoms with van der Waals surface area (Å²) in [6.45, 7) is 3.71. The first-order chi connectivity index (χ1) is 19.7. The summed E-state index contributed by atoms with van der Waals surface area (Å²) in [6, 6.07) is 15.3. The van der Waals surface area contributed by atoms with Crippen LogP contribution in [0.2, 0.25) is 10.0 Å². The first-order valence-electron chi connectivity index (χ1n) is 12.9. The molecule has 3 heterocycles. The van der Waals surface area contributed by atoms with Crippen molar-refractivity contribution >= 4 is 85.2 Å². The molecule has 41 heavy (non-hydrogen) atoms. The second kappa shape index (κ2) is 11.0. The molecule has 0 radical (unpaired) electrons. The molecule has 0 bridgehead atoms. The Morgan fingerprint density at radius 3 is 2.46 bits per heavy atom. The van der Waals surface area contributed by atoms with E-state index in [9.17, 15) is 4.79 Å². The third kappa shape index (κ3) is 5.15. The monoisotopic (exact) mass is 618 g/mol. The first kappa shape index (κ1) is 27.5. The third-order valence-electron chi connectivity index (χ3n) is 7.13. The Balaban J connectivity index is 1.66. The number of hydrogen-bond acceptors (Lipinski definition) is 6. The van der Waals surface area contributed by atoms with Crippen molar-refractivity contribution in [2.24, 2.45) is 10.8 Å². The lowest BCUT2D eigenvalue weighted by Gasteiger charge is -2.23. The average Bonchev–Trinajstić information content (AvgIpc) is 3.29. The third-order valence-corrected chi connectivity index (χ3v) is 8.98. The fourth-order valence-corrected chi connectivity index (χ4v) is 6.66. The number of pyridine rings is 1. The van der Waals surface area contributed by atoms with Crippen molar-refractivity contribution in [3.63, 3.8) is 0 Å². The first-order valence-corrected chi connectivity index (χ1v) is 14.9. The number of allylic oxidation sites excluding steroid dienone is 1. The quantitative estimate of drug-likeness (QED) is 0.128. The molecule has 2 aromatic carbocycles. The SMILES string of the molecule is C/C(=N/NC(N)=S)c1sc2nc3nc4c(c(-c5ccc(Cl)cc5)c3c(=O)n2c1C)CCC/C4=C/c1ccc(Cl)cc1. The second-order valence-corrected chi connectivity index (χ2v) is 12.1. The fraction of sp³-hybridized carbons (Fsp3) is 0.167. The number of aryl methyl sites for hydroxylation is 1. The number of thiazole rings is 1. The van der Waals surface area contributed by atoms with E-state index in [2.05, 4.69) is 16.6 Å². The van der Waals surface area contributed by atoms with E-state index in [4.69, 9.17) is 51.1 Å². The lowest BCUT2D eigenvalue weighted by atomic mass is 9.84. The highest BCUT2D eigenvalue weighted by Gasteiger charge is 2.26. The van der Waals surface area contributed by atoms with Crippen molar-refractivity contribution < 1.29 is 0 Å². The zero-order valence-electron chi connectivity index (χ0n) is 22.2. The molecule has 0 saturated heterocycles. The number of halogens is 2. The van der Waals surface area contributed by atoms with E-state index in [0.29, 0.717) is 31.8 Å². The van der Waals surface area contributed by atoms with Crippen molar-refractivity contribution in [2.45, 2.75) is 33.1 Å². The molecule has 0 fully saturated rings. The maximum Gasteiger partial charge on any atom is 0.268 e. The summed E-state index contributed by atoms with van der Waals surface area (Å²) in [6.07, 6.45) is 4.74. The Morgan fingerprint density at radius 2 is 1.78 bits per heavy atom. The van der Waals surface area contributed by atoms with Gasteiger partial charge in [-0.1, -0.05) is 58.8 Å². The van der Waals surface area contributed by atoms with E-state index < -0.39 is 0 Å². The van der Waals surface area contributed by atoms with E-state index in [0.717, 1.165) is 63.4 Å². The molecule has 206 valence electrons. The number of aromatic nitrogens is 3. The summed E-state index contributed by atoms with van der Waals surface area (Å²) in [5, 5.41) is 6.13. The van der Waals surface area contributed by atoms with Gasteiger partial charge in [0.05, 0.1) is 21.7 Å². The fourth-order valence-electron chi connectivity index (χ4n) is 5.31. The number of hydrogen-bond donors (Lipinski definition) is 2. The van der Waals surface area contributed by atoms with Gasteiger partial charge in [-0.15, -0.1) is 0 Å². The minimum Gasteiger partial charge on any atom is -0.375 e. The van der Waals surface area contributed by atoms with E-state index in [1.54, 1.807) is 4.40 Å². The molecule has 1 aliphatic carbocycles. The average molecular weight is 620 g/mol. The van der Waals surface area contributed by atoms with Gasteiger partial charge in [0.15, 0.2) is 15.7 Å². The van der Waals surface area contributed by atoms with Gasteiger partial charge in [0.2, 0.25) is 0 Å². The summed E-state index contributed by atoms with van der Waals surface area (Å²) in [5.41, 5.74) is 15.6. The number of rotatable bonds is 4. The molecular weight excluding hydrogens is 595 g/mol. The minimum atomic E-state index is -0.172. The van der Waals surface area contributed by atoms with Gasteiger partial charge in [-0.25, -0.2) is 4.98 Å². The Morgan fingerprint density at radius 1 is 1.10 bits per heavy atom. The Labute approximate surface area is 255 Å². The maximum atomic E-state index is 14.3. The predicted molar refractivity (Wildman–Crippen MR) is 174 cm³/mol. The Hall–Kier alpha value is -3.63. The molecule has 7 nitrogen and oxygen atoms in total. The molecule has 0 unspecified atom stereocenters. The molecule has 0 saturated carbocycles. The van der Waals surface area contributed by atoms with Crippen molar-refractivity contribution in [3.05, 3.63) is 96.3 Å². The van der Waals surface area contributed by atoms with E-state index in [-0.39, 0.29) is 10.7 Å². The zero-order valence-corrected chi connectivity index (χ0v) is 25.3. The molecule has 0 amide bonds. The van der Waals surface area contributed by atoms with Crippen LogP contribution in [0.25, 0.3) is 38.8 Å². The number of hydrazone groups is 1. The molecule has 11 heteroatoms. The number of thiocarbonyl (C=S) groups is 1. The molecule has 6 rings (SSSR count). The van der Waals surface area contributed by atoms with Crippen LogP contribution < -0.4 is 16.7 Å². The second-order valence-electron chi connectivity index (χ2n) is 9.82. The van der Waals surface area contributed by atoms with Gasteiger partial charge in [0.1, 0.15) is 0 Å². The van der Waals surface area contributed by atoms with Crippen LogP contribution in [0.5, 0.6) is 0 Å². The van der Waals surface area contributed by atoms with Gasteiger partial charge in [0.25, 0.3) is 5.56 Å². The summed E-state index contributed by atoms with van der Waals surface area (Å²) >= 11 is 18.6. The van der Waals surface area contributed by atoms with Crippen molar-refractivity contribution in [3.8, 4) is 11.1 Å². The van der Waals surface area contributed by atoms with Gasteiger partial charge < -0.3 is 5.73 Å². The van der Waals surface area contributed by atoms with Crippen LogP contribution in [0.1, 0.15) is 47.2 Å². The van der Waals surface area contributed by atoms with Crippen molar-refractivity contribution in [1.82, 2.24) is 19.8 Å². The number of nitrogens with two attached hydrogens (primary N) is 1. The number of nitrogens with zero attached hydrogens (tertiary/aromatic N) is 4. The molecule has 0 spiro atoms. The molecule has 3 aromatic heterocycles. The molecular formula is C30H24Cl2N6OS2. The van der Waals surface area contributed by atoms with Crippen molar-refractivity contribution in [1.29, 1.82) is 0 Å². The van der Waals surface area contributed by atoms with Gasteiger partial charge in [-0.3, -0.25) is 14.6 Å². The van der Waals surface area contributed by atoms with E-state index in [1.165, 1.54) is 11.3 Å². The van der Waals surface area contributed by atoms with Crippen LogP contribution in [0, 0.1) is 6.92 Å². The van der Waals surface area contributed by atoms with Gasteiger partial charge in [0, 0.05) is 21.3 Å². The summed E-state index contributed by atoms with van der Waals surface area (Å²) in [5.74, 6) is 0. The van der Waals surface area contributed by atoms with Crippen LogP contribution in [-0.4, -0.2) is 25.2 Å². The maximum absolute atomic E-state index is 14.3. The molecule has 3 N–H and O–H groups in total. The number of benzene rings is 2. The molecule has 0 atom stereocenters. The topological polar surface area (TPSA) is 97.7 Å². The molecule has 5 aromatic rings. The van der Waals surface area contributed by atoms with Crippen molar-refractivity contribution in [2.75, 3.05) is 0 Å². The summed E-state index contributed by atoms with van der Waals surface area (Å²) in [4.78, 5) is 25.6. The minimum absolute atomic E-state index is 0.0639. The highest BCUT2D eigenvalue weighted by molar-refractivity contribution is 7.80. The van der Waals surface area contributed by atoms with Crippen LogP contribution in [0.3, 0.4) is 0 Å². The normalized spacial score (nSPS) is 14.5. The van der Waals surface area contributed by atoms with Crippen LogP contribution in [-0.2, 0) is 6.42 Å². The lowest BCUT2D eigenvalue weighted by molar-refractivity contribution is 0.815. The predicted octanol–water partition coefficient (Wildman–Crippen LogP) is 7.02. The van der Waals surface area contributed by atoms with Crippen LogP contribution in [0.4, 0.5) is 0 Å². The standard InChI is InChI=1S/C30H24Cl2N6OS2/c1-15(36-37-29(33)40)26-16(2)38-28(39)24-23(18-8-12-21(32)13-9-18)22-5-3-4-19(14-17-6-10-20(31)11-7-17)25(22)34-27(24)35-30(38)41-26/h6-14H,3-5H2,1-2H3,(H3,33,37,40)/b19-14-,36-15-. The summed E-state index contributed by atoms with van der Waals surface area (Å²) < 4.78 is 1.64. The van der Waals surface area contributed by atoms with E-state index >= 15 is 0 Å². The highest BCUT2D eigenvalue weighted by Crippen LogP contribution is 2.40. The van der Waals surface area contributed by atoms with Gasteiger partial charge in [-0.2, -0.15) is 10.1 Å². The highest BCUT2D eigenvalue weighted by atomic mass is 35.5. The Kier molecular flexibility index (Phi) is 7.37.